The number of benzene rings is 1. The van der Waals surface area contributed by atoms with Crippen molar-refractivity contribution < 1.29 is 8.60 Å². The fourth-order valence-electron chi connectivity index (χ4n) is 1.19. The summed E-state index contributed by atoms with van der Waals surface area (Å²) in [4.78, 5) is 0. The van der Waals surface area contributed by atoms with Crippen molar-refractivity contribution in [1.29, 1.82) is 0 Å². The summed E-state index contributed by atoms with van der Waals surface area (Å²) < 4.78 is 28.2. The molecular weight excluding hydrogens is 305 g/mol. The molecule has 0 radical (unpaired) electrons. The summed E-state index contributed by atoms with van der Waals surface area (Å²) in [6.45, 7) is 4.98. The van der Waals surface area contributed by atoms with Gasteiger partial charge in [-0.25, -0.2) is 13.3 Å². The van der Waals surface area contributed by atoms with Gasteiger partial charge < -0.3 is 0 Å². The molecule has 0 amide bonds. The van der Waals surface area contributed by atoms with Crippen LogP contribution >= 0.6 is 15.9 Å². The summed E-state index contributed by atoms with van der Waals surface area (Å²) in [6.07, 6.45) is 0. The van der Waals surface area contributed by atoms with E-state index in [0.717, 1.165) is 10.0 Å². The monoisotopic (exact) mass is 321 g/mol. The lowest BCUT2D eigenvalue weighted by molar-refractivity contribution is 0.418. The van der Waals surface area contributed by atoms with Crippen molar-refractivity contribution in [2.75, 3.05) is 6.67 Å². The molecule has 2 nitrogen and oxygen atoms in total. The fourth-order valence-corrected chi connectivity index (χ4v) is 2.27. The zero-order valence-corrected chi connectivity index (χ0v) is 12.6. The van der Waals surface area contributed by atoms with Crippen LogP contribution in [0.3, 0.4) is 0 Å². The molecule has 1 unspecified atom stereocenters. The van der Waals surface area contributed by atoms with Gasteiger partial charge in [-0.05, 0) is 38.5 Å². The highest BCUT2D eigenvalue weighted by atomic mass is 79.9. The molecule has 0 saturated carbocycles. The van der Waals surface area contributed by atoms with Gasteiger partial charge in [0.2, 0.25) is 0 Å². The first-order chi connectivity index (χ1) is 7.84. The first-order valence-corrected chi connectivity index (χ1v) is 7.28. The summed E-state index contributed by atoms with van der Waals surface area (Å²) in [6, 6.07) is 6.81. The van der Waals surface area contributed by atoms with Crippen LogP contribution in [0.5, 0.6) is 0 Å². The number of halogens is 2. The first-order valence-electron chi connectivity index (χ1n) is 5.34. The minimum atomic E-state index is -1.27. The van der Waals surface area contributed by atoms with E-state index in [9.17, 15) is 8.60 Å². The van der Waals surface area contributed by atoms with E-state index in [4.69, 9.17) is 0 Å². The fraction of sp³-hybridized carbons (Fsp3) is 0.500. The summed E-state index contributed by atoms with van der Waals surface area (Å²) >= 11 is 3.32. The minimum absolute atomic E-state index is 0.400. The van der Waals surface area contributed by atoms with E-state index < -0.39 is 28.4 Å². The Hall–Kier alpha value is -0.260. The predicted molar refractivity (Wildman–Crippen MR) is 73.9 cm³/mol. The van der Waals surface area contributed by atoms with Crippen molar-refractivity contribution in [3.8, 4) is 0 Å². The van der Waals surface area contributed by atoms with Crippen LogP contribution in [0.1, 0.15) is 32.4 Å². The Bertz CT molecular complexity index is 388. The standard InChI is InChI=1S/C12H17BrFNOS/c1-12(2,3)17(16)15-11(8-14)9-4-6-10(13)7-5-9/h4-7,11,15H,8H2,1-3H3/t11-,17?/m0/s1. The molecule has 0 spiro atoms. The third kappa shape index (κ3) is 4.48. The van der Waals surface area contributed by atoms with Gasteiger partial charge in [-0.1, -0.05) is 28.1 Å². The zero-order valence-electron chi connectivity index (χ0n) is 10.2. The molecule has 0 aliphatic carbocycles. The molecule has 1 aromatic carbocycles. The topological polar surface area (TPSA) is 29.1 Å². The van der Waals surface area contributed by atoms with Crippen molar-refractivity contribution in [3.63, 3.8) is 0 Å². The van der Waals surface area contributed by atoms with Crippen LogP contribution in [0.2, 0.25) is 0 Å². The molecule has 0 aliphatic heterocycles. The van der Waals surface area contributed by atoms with Crippen LogP contribution in [0.25, 0.3) is 0 Å². The highest BCUT2D eigenvalue weighted by Crippen LogP contribution is 2.20. The van der Waals surface area contributed by atoms with Gasteiger partial charge in [0.1, 0.15) is 6.67 Å². The molecule has 0 fully saturated rings. The third-order valence-electron chi connectivity index (χ3n) is 2.23. The molecule has 96 valence electrons. The summed E-state index contributed by atoms with van der Waals surface area (Å²) in [7, 11) is -1.27. The molecule has 0 aliphatic rings. The number of alkyl halides is 1. The molecule has 0 bridgehead atoms. The average Bonchev–Trinajstić information content (AvgIpc) is 2.25. The van der Waals surface area contributed by atoms with Gasteiger partial charge in [-0.3, -0.25) is 0 Å². The van der Waals surface area contributed by atoms with Crippen molar-refractivity contribution in [3.05, 3.63) is 34.3 Å². The van der Waals surface area contributed by atoms with E-state index in [2.05, 4.69) is 20.7 Å². The Morgan fingerprint density at radius 2 is 1.88 bits per heavy atom. The van der Waals surface area contributed by atoms with E-state index in [1.807, 2.05) is 45.0 Å². The van der Waals surface area contributed by atoms with Crippen LogP contribution in [0, 0.1) is 0 Å². The molecule has 1 rings (SSSR count). The molecule has 1 aromatic rings. The Kier molecular flexibility index (Phi) is 5.28. The Morgan fingerprint density at radius 1 is 1.35 bits per heavy atom. The van der Waals surface area contributed by atoms with E-state index in [1.54, 1.807) is 0 Å². The molecular formula is C12H17BrFNOS. The molecule has 2 atom stereocenters. The summed E-state index contributed by atoms with van der Waals surface area (Å²) in [5.74, 6) is 0. The molecule has 17 heavy (non-hydrogen) atoms. The van der Waals surface area contributed by atoms with Crippen LogP contribution in [-0.2, 0) is 11.0 Å². The van der Waals surface area contributed by atoms with Gasteiger partial charge in [0.05, 0.1) is 21.8 Å². The predicted octanol–water partition coefficient (Wildman–Crippen LogP) is 3.51. The lowest BCUT2D eigenvalue weighted by atomic mass is 10.1. The minimum Gasteiger partial charge on any atom is -0.249 e. The zero-order chi connectivity index (χ0) is 13.1. The van der Waals surface area contributed by atoms with Crippen molar-refractivity contribution in [1.82, 2.24) is 4.72 Å². The Balaban J connectivity index is 2.79. The Labute approximate surface area is 113 Å². The lowest BCUT2D eigenvalue weighted by Gasteiger charge is -2.22. The third-order valence-corrected chi connectivity index (χ3v) is 4.37. The maximum absolute atomic E-state index is 13.0. The van der Waals surface area contributed by atoms with Gasteiger partial charge in [0.25, 0.3) is 0 Å². The molecule has 0 saturated heterocycles. The van der Waals surface area contributed by atoms with E-state index in [1.165, 1.54) is 0 Å². The van der Waals surface area contributed by atoms with Crippen molar-refractivity contribution in [2.24, 2.45) is 0 Å². The molecule has 0 aromatic heterocycles. The van der Waals surface area contributed by atoms with Gasteiger partial charge in [-0.15, -0.1) is 0 Å². The Morgan fingerprint density at radius 3 is 2.29 bits per heavy atom. The smallest absolute Gasteiger partial charge is 0.110 e. The van der Waals surface area contributed by atoms with E-state index in [-0.39, 0.29) is 0 Å². The maximum atomic E-state index is 13.0. The summed E-state index contributed by atoms with van der Waals surface area (Å²) in [5, 5.41) is 0. The van der Waals surface area contributed by atoms with E-state index in [0.29, 0.717) is 0 Å². The van der Waals surface area contributed by atoms with Crippen LogP contribution in [-0.4, -0.2) is 15.6 Å². The number of hydrogen-bond acceptors (Lipinski definition) is 1. The second kappa shape index (κ2) is 6.07. The van der Waals surface area contributed by atoms with Crippen molar-refractivity contribution >= 4 is 26.9 Å². The summed E-state index contributed by atoms with van der Waals surface area (Å²) in [5.41, 5.74) is 0.799. The second-order valence-electron chi connectivity index (χ2n) is 4.76. The van der Waals surface area contributed by atoms with Crippen LogP contribution in [0.4, 0.5) is 4.39 Å². The highest BCUT2D eigenvalue weighted by Gasteiger charge is 2.23. The van der Waals surface area contributed by atoms with Gasteiger partial charge in [0.15, 0.2) is 0 Å². The second-order valence-corrected chi connectivity index (χ2v) is 7.67. The number of rotatable bonds is 4. The van der Waals surface area contributed by atoms with Crippen molar-refractivity contribution in [2.45, 2.75) is 31.6 Å². The first kappa shape index (κ1) is 14.8. The largest absolute Gasteiger partial charge is 0.249 e. The molecule has 1 N–H and O–H groups in total. The van der Waals surface area contributed by atoms with E-state index >= 15 is 0 Å². The maximum Gasteiger partial charge on any atom is 0.110 e. The van der Waals surface area contributed by atoms with Gasteiger partial charge in [-0.2, -0.15) is 0 Å². The average molecular weight is 322 g/mol. The van der Waals surface area contributed by atoms with Crippen LogP contribution < -0.4 is 4.72 Å². The molecule has 0 heterocycles. The van der Waals surface area contributed by atoms with Gasteiger partial charge >= 0.3 is 0 Å². The lowest BCUT2D eigenvalue weighted by Crippen LogP contribution is -2.36. The normalized spacial score (nSPS) is 15.6. The van der Waals surface area contributed by atoms with Crippen LogP contribution in [0.15, 0.2) is 28.7 Å². The number of hydrogen-bond donors (Lipinski definition) is 1. The quantitative estimate of drug-likeness (QED) is 0.903. The highest BCUT2D eigenvalue weighted by molar-refractivity contribution is 9.10. The molecule has 5 heteroatoms. The van der Waals surface area contributed by atoms with Gasteiger partial charge in [0, 0.05) is 4.47 Å². The number of nitrogens with one attached hydrogen (secondary N) is 1. The SMILES string of the molecule is CC(C)(C)S(=O)N[C@@H](CF)c1ccc(Br)cc1.